The highest BCUT2D eigenvalue weighted by molar-refractivity contribution is 8.30. The van der Waals surface area contributed by atoms with Gasteiger partial charge in [0.05, 0.1) is 8.47 Å². The fraction of sp³-hybridized carbons (Fsp3) is 0. The van der Waals surface area contributed by atoms with E-state index in [1.54, 1.807) is 0 Å². The minimum Gasteiger partial charge on any atom is -0.0797 e. The molecule has 6 aromatic carbocycles. The highest BCUT2D eigenvalue weighted by Crippen LogP contribution is 2.62. The van der Waals surface area contributed by atoms with E-state index in [2.05, 4.69) is 97.1 Å². The van der Waals surface area contributed by atoms with Crippen LogP contribution < -0.4 is 0 Å². The molecule has 0 unspecified atom stereocenters. The molecule has 0 amide bonds. The standard InChI is InChI=1S/C30H16S4/c1-2-6-18-10-22-14-26-25(13-21(22)9-17(18)5-1)31-29(32-26)30-33-27-15-23-11-19-7-3-4-8-20(19)12-24(23)16-28(27)34-30/h1-16H. The summed E-state index contributed by atoms with van der Waals surface area (Å²) in [5, 5.41) is 10.5. The molecule has 0 radical (unpaired) electrons. The number of benzene rings is 6. The van der Waals surface area contributed by atoms with Crippen molar-refractivity contribution in [2.75, 3.05) is 0 Å². The van der Waals surface area contributed by atoms with Crippen molar-refractivity contribution in [3.8, 4) is 0 Å². The first-order valence-corrected chi connectivity index (χ1v) is 14.4. The molecule has 2 heterocycles. The zero-order chi connectivity index (χ0) is 22.2. The van der Waals surface area contributed by atoms with Crippen LogP contribution in [0, 0.1) is 0 Å². The van der Waals surface area contributed by atoms with Gasteiger partial charge in [-0.2, -0.15) is 0 Å². The SMILES string of the molecule is c1ccc2cc3cc4c(cc3cc2c1)SC(=C1Sc2cc3cc5ccccc5cc3cc2S1)S4. The van der Waals surface area contributed by atoms with Gasteiger partial charge in [0.15, 0.2) is 0 Å². The molecule has 8 rings (SSSR count). The van der Waals surface area contributed by atoms with Gasteiger partial charge in [-0.15, -0.1) is 0 Å². The van der Waals surface area contributed by atoms with Gasteiger partial charge in [0, 0.05) is 19.6 Å². The molecule has 160 valence electrons. The Bertz CT molecular complexity index is 1600. The van der Waals surface area contributed by atoms with Crippen LogP contribution in [0.3, 0.4) is 0 Å². The molecule has 0 saturated carbocycles. The normalized spacial score (nSPS) is 15.1. The molecule has 34 heavy (non-hydrogen) atoms. The molecule has 0 fully saturated rings. The van der Waals surface area contributed by atoms with Crippen LogP contribution in [0.25, 0.3) is 43.1 Å². The van der Waals surface area contributed by atoms with E-state index >= 15 is 0 Å². The molecular formula is C30H16S4. The van der Waals surface area contributed by atoms with Crippen molar-refractivity contribution in [1.29, 1.82) is 0 Å². The fourth-order valence-corrected chi connectivity index (χ4v) is 10.3. The molecule has 0 spiro atoms. The summed E-state index contributed by atoms with van der Waals surface area (Å²) in [7, 11) is 0. The maximum absolute atomic E-state index is 2.37. The van der Waals surface area contributed by atoms with Crippen LogP contribution in [-0.2, 0) is 0 Å². The van der Waals surface area contributed by atoms with Crippen molar-refractivity contribution in [2.24, 2.45) is 0 Å². The van der Waals surface area contributed by atoms with Crippen LogP contribution in [0.1, 0.15) is 0 Å². The molecule has 0 aliphatic carbocycles. The summed E-state index contributed by atoms with van der Waals surface area (Å²) in [5.74, 6) is 0. The minimum absolute atomic E-state index is 1.31. The average Bonchev–Trinajstić information content (AvgIpc) is 3.46. The topological polar surface area (TPSA) is 0 Å². The third-order valence-corrected chi connectivity index (χ3v) is 12.1. The van der Waals surface area contributed by atoms with Gasteiger partial charge in [0.2, 0.25) is 0 Å². The Morgan fingerprint density at radius 3 is 0.824 bits per heavy atom. The van der Waals surface area contributed by atoms with Crippen LogP contribution in [0.15, 0.2) is 125 Å². The maximum Gasteiger partial charge on any atom is 0.0706 e. The molecule has 0 atom stereocenters. The second-order valence-corrected chi connectivity index (χ2v) is 13.4. The average molecular weight is 505 g/mol. The smallest absolute Gasteiger partial charge is 0.0706 e. The van der Waals surface area contributed by atoms with Crippen molar-refractivity contribution in [3.05, 3.63) is 106 Å². The number of thioether (sulfide) groups is 4. The van der Waals surface area contributed by atoms with Gasteiger partial charge < -0.3 is 0 Å². The monoisotopic (exact) mass is 504 g/mol. The fourth-order valence-electron chi connectivity index (χ4n) is 4.83. The highest BCUT2D eigenvalue weighted by Gasteiger charge is 2.27. The van der Waals surface area contributed by atoms with Gasteiger partial charge in [-0.05, 0) is 91.6 Å². The van der Waals surface area contributed by atoms with Gasteiger partial charge in [-0.3, -0.25) is 0 Å². The Kier molecular flexibility index (Phi) is 4.36. The summed E-state index contributed by atoms with van der Waals surface area (Å²) in [5.41, 5.74) is 0. The van der Waals surface area contributed by atoms with Crippen LogP contribution in [0.4, 0.5) is 0 Å². The van der Waals surface area contributed by atoms with Crippen LogP contribution >= 0.6 is 47.0 Å². The number of rotatable bonds is 0. The third kappa shape index (κ3) is 3.13. The Hall–Kier alpha value is -2.50. The summed E-state index contributed by atoms with van der Waals surface area (Å²) >= 11 is 7.73. The van der Waals surface area contributed by atoms with Gasteiger partial charge >= 0.3 is 0 Å². The Morgan fingerprint density at radius 1 is 0.294 bits per heavy atom. The van der Waals surface area contributed by atoms with E-state index in [-0.39, 0.29) is 0 Å². The Balaban J connectivity index is 1.18. The summed E-state index contributed by atoms with van der Waals surface area (Å²) in [4.78, 5) is 5.51. The summed E-state index contributed by atoms with van der Waals surface area (Å²) in [6.07, 6.45) is 0. The molecule has 2 aliphatic rings. The number of fused-ring (bicyclic) bond motifs is 6. The van der Waals surface area contributed by atoms with E-state index in [1.807, 2.05) is 47.0 Å². The van der Waals surface area contributed by atoms with E-state index in [0.717, 1.165) is 0 Å². The van der Waals surface area contributed by atoms with Crippen molar-refractivity contribution in [3.63, 3.8) is 0 Å². The Labute approximate surface area is 214 Å². The molecule has 0 bridgehead atoms. The van der Waals surface area contributed by atoms with E-state index in [1.165, 1.54) is 71.1 Å². The van der Waals surface area contributed by atoms with E-state index in [0.29, 0.717) is 0 Å². The third-order valence-electron chi connectivity index (χ3n) is 6.51. The number of hydrogen-bond donors (Lipinski definition) is 0. The Morgan fingerprint density at radius 2 is 0.559 bits per heavy atom. The first kappa shape index (κ1) is 19.8. The van der Waals surface area contributed by atoms with E-state index in [9.17, 15) is 0 Å². The summed E-state index contributed by atoms with van der Waals surface area (Å²) < 4.78 is 2.82. The molecule has 4 heteroatoms. The van der Waals surface area contributed by atoms with Crippen LogP contribution in [0.2, 0.25) is 0 Å². The quantitative estimate of drug-likeness (QED) is 0.189. The zero-order valence-electron chi connectivity index (χ0n) is 17.9. The molecule has 6 aromatic rings. The second-order valence-electron chi connectivity index (χ2n) is 8.67. The largest absolute Gasteiger partial charge is 0.0797 e. The van der Waals surface area contributed by atoms with Gasteiger partial charge in [-0.25, -0.2) is 0 Å². The lowest BCUT2D eigenvalue weighted by Gasteiger charge is -2.04. The zero-order valence-corrected chi connectivity index (χ0v) is 21.1. The molecule has 0 saturated heterocycles. The lowest BCUT2D eigenvalue weighted by molar-refractivity contribution is 1.30. The second kappa shape index (κ2) is 7.50. The van der Waals surface area contributed by atoms with E-state index in [4.69, 9.17) is 0 Å². The van der Waals surface area contributed by atoms with Crippen molar-refractivity contribution < 1.29 is 0 Å². The molecule has 2 aliphatic heterocycles. The molecule has 0 nitrogen and oxygen atoms in total. The first-order chi connectivity index (χ1) is 16.8. The highest BCUT2D eigenvalue weighted by atomic mass is 32.2. The minimum atomic E-state index is 1.31. The lowest BCUT2D eigenvalue weighted by atomic mass is 10.0. The summed E-state index contributed by atoms with van der Waals surface area (Å²) in [6, 6.07) is 36.1. The van der Waals surface area contributed by atoms with Crippen LogP contribution in [0.5, 0.6) is 0 Å². The van der Waals surface area contributed by atoms with Crippen molar-refractivity contribution >= 4 is 90.1 Å². The number of hydrogen-bond acceptors (Lipinski definition) is 4. The van der Waals surface area contributed by atoms with E-state index < -0.39 is 0 Å². The van der Waals surface area contributed by atoms with Crippen molar-refractivity contribution in [2.45, 2.75) is 19.6 Å². The maximum atomic E-state index is 2.37. The first-order valence-electron chi connectivity index (χ1n) is 11.2. The predicted molar refractivity (Wildman–Crippen MR) is 153 cm³/mol. The molecular weight excluding hydrogens is 489 g/mol. The van der Waals surface area contributed by atoms with Crippen LogP contribution in [-0.4, -0.2) is 0 Å². The van der Waals surface area contributed by atoms with Gasteiger partial charge in [0.1, 0.15) is 0 Å². The predicted octanol–water partition coefficient (Wildman–Crippen LogP) is 10.5. The van der Waals surface area contributed by atoms with Gasteiger partial charge in [-0.1, -0.05) is 95.6 Å². The summed E-state index contributed by atoms with van der Waals surface area (Å²) in [6.45, 7) is 0. The molecule has 0 aromatic heterocycles. The van der Waals surface area contributed by atoms with Crippen molar-refractivity contribution in [1.82, 2.24) is 0 Å². The lowest BCUT2D eigenvalue weighted by Crippen LogP contribution is -1.78. The molecule has 0 N–H and O–H groups in total. The van der Waals surface area contributed by atoms with Gasteiger partial charge in [0.25, 0.3) is 0 Å².